The standard InChI is InChI=1S/C11H13NO3/c1-8(11(14)15)6-12-10-5-3-2-4-9(10)7-13/h2-5,7-8,12H,6H2,1H3,(H,14,15). The van der Waals surface area contributed by atoms with E-state index >= 15 is 0 Å². The molecule has 80 valence electrons. The van der Waals surface area contributed by atoms with Gasteiger partial charge in [-0.25, -0.2) is 0 Å². The van der Waals surface area contributed by atoms with Crippen molar-refractivity contribution < 1.29 is 14.7 Å². The van der Waals surface area contributed by atoms with Gasteiger partial charge in [-0.15, -0.1) is 0 Å². The number of benzene rings is 1. The van der Waals surface area contributed by atoms with Crippen LogP contribution in [0.1, 0.15) is 17.3 Å². The van der Waals surface area contributed by atoms with Crippen LogP contribution in [-0.4, -0.2) is 23.9 Å². The number of hydrogen-bond donors (Lipinski definition) is 2. The number of carboxylic acids is 1. The Morgan fingerprint density at radius 3 is 2.80 bits per heavy atom. The number of rotatable bonds is 5. The number of hydrogen-bond acceptors (Lipinski definition) is 3. The number of anilines is 1. The number of carbonyl (C=O) groups is 2. The van der Waals surface area contributed by atoms with Crippen molar-refractivity contribution in [1.29, 1.82) is 0 Å². The fourth-order valence-electron chi connectivity index (χ4n) is 1.11. The quantitative estimate of drug-likeness (QED) is 0.720. The Balaban J connectivity index is 2.64. The summed E-state index contributed by atoms with van der Waals surface area (Å²) in [7, 11) is 0. The highest BCUT2D eigenvalue weighted by Crippen LogP contribution is 2.12. The van der Waals surface area contributed by atoms with Crippen LogP contribution in [0.3, 0.4) is 0 Å². The minimum Gasteiger partial charge on any atom is -0.481 e. The van der Waals surface area contributed by atoms with E-state index in [1.54, 1.807) is 31.2 Å². The van der Waals surface area contributed by atoms with E-state index in [9.17, 15) is 9.59 Å². The molecule has 4 heteroatoms. The summed E-state index contributed by atoms with van der Waals surface area (Å²) in [5.74, 6) is -1.34. The minimum absolute atomic E-state index is 0.306. The van der Waals surface area contributed by atoms with E-state index in [4.69, 9.17) is 5.11 Å². The molecule has 1 aromatic carbocycles. The number of carboxylic acid groups (broad SMARTS) is 1. The molecular formula is C11H13NO3. The average molecular weight is 207 g/mol. The van der Waals surface area contributed by atoms with E-state index in [1.165, 1.54) is 0 Å². The van der Waals surface area contributed by atoms with Gasteiger partial charge in [0.15, 0.2) is 6.29 Å². The third-order valence-corrected chi connectivity index (χ3v) is 2.11. The topological polar surface area (TPSA) is 66.4 Å². The molecule has 1 unspecified atom stereocenters. The first-order valence-corrected chi connectivity index (χ1v) is 4.66. The summed E-state index contributed by atoms with van der Waals surface area (Å²) in [4.78, 5) is 21.2. The zero-order valence-corrected chi connectivity index (χ0v) is 8.43. The molecule has 0 radical (unpaired) electrons. The van der Waals surface area contributed by atoms with Crippen molar-refractivity contribution in [2.24, 2.45) is 5.92 Å². The fraction of sp³-hybridized carbons (Fsp3) is 0.273. The maximum absolute atomic E-state index is 10.6. The van der Waals surface area contributed by atoms with Crippen molar-refractivity contribution in [2.45, 2.75) is 6.92 Å². The minimum atomic E-state index is -0.855. The Labute approximate surface area is 87.9 Å². The van der Waals surface area contributed by atoms with Gasteiger partial charge in [0.25, 0.3) is 0 Å². The van der Waals surface area contributed by atoms with Crippen LogP contribution in [0.2, 0.25) is 0 Å². The van der Waals surface area contributed by atoms with E-state index in [1.807, 2.05) is 0 Å². The fourth-order valence-corrected chi connectivity index (χ4v) is 1.11. The second-order valence-corrected chi connectivity index (χ2v) is 3.33. The van der Waals surface area contributed by atoms with Crippen molar-refractivity contribution in [2.75, 3.05) is 11.9 Å². The molecule has 0 saturated heterocycles. The van der Waals surface area contributed by atoms with Crippen molar-refractivity contribution in [3.63, 3.8) is 0 Å². The van der Waals surface area contributed by atoms with Crippen molar-refractivity contribution in [3.05, 3.63) is 29.8 Å². The van der Waals surface area contributed by atoms with Gasteiger partial charge in [0.1, 0.15) is 0 Å². The van der Waals surface area contributed by atoms with Gasteiger partial charge in [0.2, 0.25) is 0 Å². The summed E-state index contributed by atoms with van der Waals surface area (Å²) in [5, 5.41) is 11.6. The first-order valence-electron chi connectivity index (χ1n) is 4.66. The molecule has 0 fully saturated rings. The third-order valence-electron chi connectivity index (χ3n) is 2.11. The molecule has 0 aliphatic rings. The summed E-state index contributed by atoms with van der Waals surface area (Å²) in [6.07, 6.45) is 0.744. The molecule has 0 aromatic heterocycles. The summed E-state index contributed by atoms with van der Waals surface area (Å²) >= 11 is 0. The number of para-hydroxylation sites is 1. The molecule has 2 N–H and O–H groups in total. The van der Waals surface area contributed by atoms with E-state index in [0.717, 1.165) is 6.29 Å². The lowest BCUT2D eigenvalue weighted by Crippen LogP contribution is -2.20. The van der Waals surface area contributed by atoms with E-state index in [-0.39, 0.29) is 0 Å². The molecule has 0 amide bonds. The van der Waals surface area contributed by atoms with E-state index in [0.29, 0.717) is 17.8 Å². The summed E-state index contributed by atoms with van der Waals surface area (Å²) in [6, 6.07) is 6.98. The van der Waals surface area contributed by atoms with Crippen LogP contribution >= 0.6 is 0 Å². The van der Waals surface area contributed by atoms with Crippen molar-refractivity contribution >= 4 is 17.9 Å². The first-order chi connectivity index (χ1) is 7.15. The highest BCUT2D eigenvalue weighted by Gasteiger charge is 2.10. The molecule has 1 atom stereocenters. The van der Waals surface area contributed by atoms with Crippen LogP contribution < -0.4 is 5.32 Å². The van der Waals surface area contributed by atoms with Crippen LogP contribution in [0.15, 0.2) is 24.3 Å². The molecule has 4 nitrogen and oxygen atoms in total. The van der Waals surface area contributed by atoms with Crippen molar-refractivity contribution in [1.82, 2.24) is 0 Å². The van der Waals surface area contributed by atoms with E-state index in [2.05, 4.69) is 5.32 Å². The Morgan fingerprint density at radius 1 is 1.53 bits per heavy atom. The SMILES string of the molecule is CC(CNc1ccccc1C=O)C(=O)O. The Morgan fingerprint density at radius 2 is 2.20 bits per heavy atom. The second-order valence-electron chi connectivity index (χ2n) is 3.33. The maximum atomic E-state index is 10.6. The smallest absolute Gasteiger partial charge is 0.308 e. The highest BCUT2D eigenvalue weighted by atomic mass is 16.4. The predicted molar refractivity (Wildman–Crippen MR) is 57.1 cm³/mol. The molecule has 0 aliphatic heterocycles. The summed E-state index contributed by atoms with van der Waals surface area (Å²) in [6.45, 7) is 1.92. The normalized spacial score (nSPS) is 11.8. The van der Waals surface area contributed by atoms with Gasteiger partial charge in [-0.2, -0.15) is 0 Å². The van der Waals surface area contributed by atoms with E-state index < -0.39 is 11.9 Å². The molecule has 1 aromatic rings. The average Bonchev–Trinajstić information content (AvgIpc) is 2.26. The second kappa shape index (κ2) is 5.14. The first kappa shape index (κ1) is 11.2. The highest BCUT2D eigenvalue weighted by molar-refractivity contribution is 5.84. The van der Waals surface area contributed by atoms with Crippen LogP contribution in [0.4, 0.5) is 5.69 Å². The lowest BCUT2D eigenvalue weighted by atomic mass is 10.1. The Kier molecular flexibility index (Phi) is 3.85. The molecule has 0 aliphatic carbocycles. The maximum Gasteiger partial charge on any atom is 0.308 e. The third kappa shape index (κ3) is 3.09. The zero-order chi connectivity index (χ0) is 11.3. The monoisotopic (exact) mass is 207 g/mol. The van der Waals surface area contributed by atoms with Crippen LogP contribution in [0.5, 0.6) is 0 Å². The number of carbonyl (C=O) groups excluding carboxylic acids is 1. The number of aliphatic carboxylic acids is 1. The molecule has 0 saturated carbocycles. The van der Waals surface area contributed by atoms with Gasteiger partial charge in [-0.05, 0) is 12.1 Å². The van der Waals surface area contributed by atoms with Gasteiger partial charge in [0, 0.05) is 17.8 Å². The molecule has 15 heavy (non-hydrogen) atoms. The number of aldehydes is 1. The van der Waals surface area contributed by atoms with Crippen LogP contribution in [-0.2, 0) is 4.79 Å². The van der Waals surface area contributed by atoms with Crippen molar-refractivity contribution in [3.8, 4) is 0 Å². The molecule has 1 rings (SSSR count). The largest absolute Gasteiger partial charge is 0.481 e. The van der Waals surface area contributed by atoms with Gasteiger partial charge in [-0.1, -0.05) is 19.1 Å². The molecule has 0 spiro atoms. The van der Waals surface area contributed by atoms with Gasteiger partial charge < -0.3 is 10.4 Å². The zero-order valence-electron chi connectivity index (χ0n) is 8.43. The van der Waals surface area contributed by atoms with Gasteiger partial charge >= 0.3 is 5.97 Å². The lowest BCUT2D eigenvalue weighted by Gasteiger charge is -2.10. The molecular weight excluding hydrogens is 194 g/mol. The predicted octanol–water partition coefficient (Wildman–Crippen LogP) is 1.63. The van der Waals surface area contributed by atoms with Gasteiger partial charge in [0.05, 0.1) is 5.92 Å². The van der Waals surface area contributed by atoms with Crippen LogP contribution in [0.25, 0.3) is 0 Å². The Bertz CT molecular complexity index is 363. The lowest BCUT2D eigenvalue weighted by molar-refractivity contribution is -0.140. The Hall–Kier alpha value is -1.84. The summed E-state index contributed by atoms with van der Waals surface area (Å²) < 4.78 is 0. The van der Waals surface area contributed by atoms with Crippen LogP contribution in [0, 0.1) is 5.92 Å². The molecule has 0 heterocycles. The number of nitrogens with one attached hydrogen (secondary N) is 1. The van der Waals surface area contributed by atoms with Gasteiger partial charge in [-0.3, -0.25) is 9.59 Å². The summed E-state index contributed by atoms with van der Waals surface area (Å²) in [5.41, 5.74) is 1.20. The molecule has 0 bridgehead atoms.